The highest BCUT2D eigenvalue weighted by molar-refractivity contribution is 5.84. The summed E-state index contributed by atoms with van der Waals surface area (Å²) in [5.41, 5.74) is 5.36. The van der Waals surface area contributed by atoms with Crippen molar-refractivity contribution in [1.82, 2.24) is 5.32 Å². The Balaban J connectivity index is 2.25. The van der Waals surface area contributed by atoms with E-state index in [0.29, 0.717) is 13.0 Å². The highest BCUT2D eigenvalue weighted by Gasteiger charge is 2.42. The third kappa shape index (κ3) is 4.20. The van der Waals surface area contributed by atoms with Gasteiger partial charge in [0.2, 0.25) is 5.91 Å². The molecule has 110 valence electrons. The molecule has 1 saturated carbocycles. The second-order valence-corrected chi connectivity index (χ2v) is 5.88. The zero-order valence-electron chi connectivity index (χ0n) is 11.9. The number of carbonyl (C=O) groups is 2. The maximum atomic E-state index is 12.1. The molecule has 2 atom stereocenters. The Morgan fingerprint density at radius 2 is 1.95 bits per heavy atom. The summed E-state index contributed by atoms with van der Waals surface area (Å²) in [6, 6.07) is 0.0810. The van der Waals surface area contributed by atoms with Crippen molar-refractivity contribution in [1.29, 1.82) is 0 Å². The molecule has 1 aliphatic carbocycles. The Kier molecular flexibility index (Phi) is 5.79. The van der Waals surface area contributed by atoms with Crippen molar-refractivity contribution in [2.24, 2.45) is 17.1 Å². The number of carboxylic acid groups (broad SMARTS) is 1. The van der Waals surface area contributed by atoms with Gasteiger partial charge in [0.05, 0.1) is 11.3 Å². The summed E-state index contributed by atoms with van der Waals surface area (Å²) in [6.07, 6.45) is 5.12. The van der Waals surface area contributed by atoms with Gasteiger partial charge < -0.3 is 16.2 Å². The van der Waals surface area contributed by atoms with E-state index in [0.717, 1.165) is 32.1 Å². The number of aliphatic carboxylic acids is 1. The van der Waals surface area contributed by atoms with Crippen LogP contribution in [0.15, 0.2) is 0 Å². The van der Waals surface area contributed by atoms with Crippen LogP contribution in [0.2, 0.25) is 0 Å². The SMILES string of the molecule is CC(CCCC(C)C(=O)O)NC(=O)C1(CN)CCC1. The largest absolute Gasteiger partial charge is 0.481 e. The summed E-state index contributed by atoms with van der Waals surface area (Å²) < 4.78 is 0. The van der Waals surface area contributed by atoms with Crippen LogP contribution in [0.1, 0.15) is 52.4 Å². The van der Waals surface area contributed by atoms with Crippen LogP contribution in [0.3, 0.4) is 0 Å². The van der Waals surface area contributed by atoms with Crippen LogP contribution in [0.25, 0.3) is 0 Å². The van der Waals surface area contributed by atoms with Crippen molar-refractivity contribution in [2.75, 3.05) is 6.54 Å². The maximum Gasteiger partial charge on any atom is 0.306 e. The van der Waals surface area contributed by atoms with Gasteiger partial charge in [-0.2, -0.15) is 0 Å². The molecule has 1 amide bonds. The van der Waals surface area contributed by atoms with E-state index in [1.165, 1.54) is 0 Å². The van der Waals surface area contributed by atoms with E-state index >= 15 is 0 Å². The summed E-state index contributed by atoms with van der Waals surface area (Å²) in [5, 5.41) is 11.8. The summed E-state index contributed by atoms with van der Waals surface area (Å²) in [4.78, 5) is 22.8. The molecule has 0 aromatic carbocycles. The van der Waals surface area contributed by atoms with Crippen LogP contribution in [0, 0.1) is 11.3 Å². The molecular weight excluding hydrogens is 244 g/mol. The van der Waals surface area contributed by atoms with Crippen LogP contribution in [-0.4, -0.2) is 29.6 Å². The monoisotopic (exact) mass is 270 g/mol. The lowest BCUT2D eigenvalue weighted by atomic mass is 9.68. The Labute approximate surface area is 114 Å². The smallest absolute Gasteiger partial charge is 0.306 e. The quantitative estimate of drug-likeness (QED) is 0.623. The first-order valence-corrected chi connectivity index (χ1v) is 7.15. The molecule has 1 fully saturated rings. The van der Waals surface area contributed by atoms with E-state index in [1.54, 1.807) is 6.92 Å². The van der Waals surface area contributed by atoms with E-state index in [4.69, 9.17) is 10.8 Å². The van der Waals surface area contributed by atoms with E-state index in [-0.39, 0.29) is 23.3 Å². The van der Waals surface area contributed by atoms with Gasteiger partial charge in [-0.1, -0.05) is 19.8 Å². The van der Waals surface area contributed by atoms with Gasteiger partial charge in [0.25, 0.3) is 0 Å². The Morgan fingerprint density at radius 1 is 1.32 bits per heavy atom. The second-order valence-electron chi connectivity index (χ2n) is 5.88. The number of nitrogens with one attached hydrogen (secondary N) is 1. The Bertz CT molecular complexity index is 321. The van der Waals surface area contributed by atoms with Crippen molar-refractivity contribution in [3.05, 3.63) is 0 Å². The molecule has 0 bridgehead atoms. The number of nitrogens with two attached hydrogens (primary N) is 1. The van der Waals surface area contributed by atoms with Gasteiger partial charge in [0.15, 0.2) is 0 Å². The van der Waals surface area contributed by atoms with Crippen LogP contribution < -0.4 is 11.1 Å². The predicted octanol–water partition coefficient (Wildman–Crippen LogP) is 1.51. The van der Waals surface area contributed by atoms with Gasteiger partial charge in [0, 0.05) is 12.6 Å². The van der Waals surface area contributed by atoms with E-state index in [2.05, 4.69) is 5.32 Å². The van der Waals surface area contributed by atoms with E-state index < -0.39 is 5.97 Å². The zero-order valence-corrected chi connectivity index (χ0v) is 11.9. The minimum Gasteiger partial charge on any atom is -0.481 e. The molecule has 19 heavy (non-hydrogen) atoms. The van der Waals surface area contributed by atoms with E-state index in [9.17, 15) is 9.59 Å². The first kappa shape index (κ1) is 16.0. The Hall–Kier alpha value is -1.10. The number of hydrogen-bond donors (Lipinski definition) is 3. The lowest BCUT2D eigenvalue weighted by Gasteiger charge is -2.39. The first-order chi connectivity index (χ1) is 8.91. The Morgan fingerprint density at radius 3 is 2.37 bits per heavy atom. The molecule has 5 nitrogen and oxygen atoms in total. The van der Waals surface area contributed by atoms with E-state index in [1.807, 2.05) is 6.92 Å². The highest BCUT2D eigenvalue weighted by atomic mass is 16.4. The number of amides is 1. The lowest BCUT2D eigenvalue weighted by molar-refractivity contribution is -0.141. The fourth-order valence-corrected chi connectivity index (χ4v) is 2.43. The van der Waals surface area contributed by atoms with Crippen LogP contribution >= 0.6 is 0 Å². The van der Waals surface area contributed by atoms with Gasteiger partial charge in [-0.3, -0.25) is 9.59 Å². The average molecular weight is 270 g/mol. The summed E-state index contributed by atoms with van der Waals surface area (Å²) in [5.74, 6) is -1.00. The van der Waals surface area contributed by atoms with Crippen molar-refractivity contribution in [3.63, 3.8) is 0 Å². The molecule has 1 rings (SSSR count). The normalized spacial score (nSPS) is 20.2. The minimum absolute atomic E-state index is 0.0695. The molecule has 0 aromatic rings. The molecule has 0 heterocycles. The molecule has 0 aromatic heterocycles. The maximum absolute atomic E-state index is 12.1. The molecule has 0 radical (unpaired) electrons. The highest BCUT2D eigenvalue weighted by Crippen LogP contribution is 2.40. The summed E-state index contributed by atoms with van der Waals surface area (Å²) >= 11 is 0. The molecule has 1 aliphatic rings. The van der Waals surface area contributed by atoms with Gasteiger partial charge >= 0.3 is 5.97 Å². The van der Waals surface area contributed by atoms with Crippen molar-refractivity contribution in [3.8, 4) is 0 Å². The molecule has 0 saturated heterocycles. The van der Waals surface area contributed by atoms with Crippen LogP contribution in [-0.2, 0) is 9.59 Å². The standard InChI is InChI=1S/C14H26N2O3/c1-10(12(17)18)5-3-6-11(2)16-13(19)14(9-15)7-4-8-14/h10-11H,3-9,15H2,1-2H3,(H,16,19)(H,17,18). The summed E-state index contributed by atoms with van der Waals surface area (Å²) in [7, 11) is 0. The average Bonchev–Trinajstić information content (AvgIpc) is 2.27. The minimum atomic E-state index is -0.756. The van der Waals surface area contributed by atoms with Crippen molar-refractivity contribution in [2.45, 2.75) is 58.4 Å². The molecule has 4 N–H and O–H groups in total. The number of rotatable bonds is 8. The molecular formula is C14H26N2O3. The van der Waals surface area contributed by atoms with Crippen molar-refractivity contribution >= 4 is 11.9 Å². The third-order valence-corrected chi connectivity index (χ3v) is 4.26. The zero-order chi connectivity index (χ0) is 14.5. The molecule has 0 aliphatic heterocycles. The lowest BCUT2D eigenvalue weighted by Crippen LogP contribution is -2.52. The molecule has 0 spiro atoms. The van der Waals surface area contributed by atoms with Gasteiger partial charge in [-0.25, -0.2) is 0 Å². The predicted molar refractivity (Wildman–Crippen MR) is 73.6 cm³/mol. The van der Waals surface area contributed by atoms with Gasteiger partial charge in [-0.15, -0.1) is 0 Å². The fraction of sp³-hybridized carbons (Fsp3) is 0.857. The number of hydrogen-bond acceptors (Lipinski definition) is 3. The van der Waals surface area contributed by atoms with Crippen molar-refractivity contribution < 1.29 is 14.7 Å². The first-order valence-electron chi connectivity index (χ1n) is 7.15. The van der Waals surface area contributed by atoms with Crippen LogP contribution in [0.4, 0.5) is 0 Å². The molecule has 5 heteroatoms. The second kappa shape index (κ2) is 6.89. The number of carbonyl (C=O) groups excluding carboxylic acids is 1. The summed E-state index contributed by atoms with van der Waals surface area (Å²) in [6.45, 7) is 4.09. The van der Waals surface area contributed by atoms with Gasteiger partial charge in [0.1, 0.15) is 0 Å². The van der Waals surface area contributed by atoms with Gasteiger partial charge in [-0.05, 0) is 32.6 Å². The fourth-order valence-electron chi connectivity index (χ4n) is 2.43. The van der Waals surface area contributed by atoms with Crippen LogP contribution in [0.5, 0.6) is 0 Å². The topological polar surface area (TPSA) is 92.4 Å². The number of carboxylic acids is 1. The third-order valence-electron chi connectivity index (χ3n) is 4.26. The molecule has 2 unspecified atom stereocenters.